The van der Waals surface area contributed by atoms with Gasteiger partial charge in [0, 0.05) is 21.8 Å². The number of esters is 1. The van der Waals surface area contributed by atoms with Crippen LogP contribution in [0.3, 0.4) is 0 Å². The summed E-state index contributed by atoms with van der Waals surface area (Å²) in [7, 11) is 0. The van der Waals surface area contributed by atoms with Crippen molar-refractivity contribution >= 4 is 41.1 Å². The molecule has 0 fully saturated rings. The van der Waals surface area contributed by atoms with E-state index in [0.29, 0.717) is 5.69 Å². The number of nitrogens with two attached hydrogens (primary N) is 1. The second kappa shape index (κ2) is 13.1. The molecule has 0 spiro atoms. The van der Waals surface area contributed by atoms with Gasteiger partial charge in [0.05, 0.1) is 5.69 Å². The van der Waals surface area contributed by atoms with E-state index in [1.807, 2.05) is 42.5 Å². The fraction of sp³-hybridized carbons (Fsp3) is 0.154. The first-order chi connectivity index (χ1) is 17.3. The van der Waals surface area contributed by atoms with Crippen molar-refractivity contribution in [2.75, 3.05) is 11.9 Å². The van der Waals surface area contributed by atoms with Crippen molar-refractivity contribution in [1.82, 2.24) is 5.32 Å². The molecule has 1 atom stereocenters. The molecule has 10 heteroatoms. The molecule has 0 bridgehead atoms. The van der Waals surface area contributed by atoms with E-state index in [-0.39, 0.29) is 18.4 Å². The smallest absolute Gasteiger partial charge is 0.329 e. The Hall–Kier alpha value is -4.18. The highest BCUT2D eigenvalue weighted by Crippen LogP contribution is 2.33. The Balaban J connectivity index is 1.60. The standard InChI is InChI=1S/C26H24FN3O5S/c27-18-12-10-17(11-13-18)25(33)30-21(14-15-23(28)31)26(34)35-16-24(32)29-20-8-4-5-9-22(20)36-19-6-2-1-3-7-19/h1-13,21H,14-16H2,(H2,28,31)(H,29,32)(H,30,33). The summed E-state index contributed by atoms with van der Waals surface area (Å²) < 4.78 is 18.2. The van der Waals surface area contributed by atoms with Crippen molar-refractivity contribution < 1.29 is 28.3 Å². The van der Waals surface area contributed by atoms with E-state index in [0.717, 1.165) is 21.9 Å². The molecule has 0 aliphatic carbocycles. The summed E-state index contributed by atoms with van der Waals surface area (Å²) in [5.74, 6) is -3.35. The summed E-state index contributed by atoms with van der Waals surface area (Å²) in [6.45, 7) is -0.608. The Kier molecular flexibility index (Phi) is 9.58. The van der Waals surface area contributed by atoms with Crippen LogP contribution in [0.5, 0.6) is 0 Å². The summed E-state index contributed by atoms with van der Waals surface area (Å²) in [5, 5.41) is 5.15. The number of carbonyl (C=O) groups excluding carboxylic acids is 4. The number of ether oxygens (including phenoxy) is 1. The van der Waals surface area contributed by atoms with Gasteiger partial charge in [-0.2, -0.15) is 0 Å². The van der Waals surface area contributed by atoms with Crippen molar-refractivity contribution in [3.8, 4) is 0 Å². The lowest BCUT2D eigenvalue weighted by atomic mass is 10.1. The highest BCUT2D eigenvalue weighted by atomic mass is 32.2. The lowest BCUT2D eigenvalue weighted by Crippen LogP contribution is -2.43. The molecule has 0 saturated heterocycles. The maximum Gasteiger partial charge on any atom is 0.329 e. The zero-order chi connectivity index (χ0) is 25.9. The second-order valence-electron chi connectivity index (χ2n) is 7.61. The Labute approximate surface area is 211 Å². The van der Waals surface area contributed by atoms with Crippen LogP contribution >= 0.6 is 11.8 Å². The molecular formula is C26H24FN3O5S. The molecular weight excluding hydrogens is 485 g/mol. The van der Waals surface area contributed by atoms with Crippen LogP contribution in [-0.2, 0) is 19.1 Å². The minimum absolute atomic E-state index is 0.110. The van der Waals surface area contributed by atoms with E-state index in [2.05, 4.69) is 10.6 Å². The quantitative estimate of drug-likeness (QED) is 0.340. The maximum absolute atomic E-state index is 13.1. The average molecular weight is 510 g/mol. The van der Waals surface area contributed by atoms with Crippen LogP contribution in [-0.4, -0.2) is 36.3 Å². The summed E-state index contributed by atoms with van der Waals surface area (Å²) in [6, 6.07) is 20.3. The van der Waals surface area contributed by atoms with Crippen LogP contribution in [0.2, 0.25) is 0 Å². The van der Waals surface area contributed by atoms with Crippen molar-refractivity contribution in [2.45, 2.75) is 28.7 Å². The van der Waals surface area contributed by atoms with Gasteiger partial charge in [0.2, 0.25) is 5.91 Å². The van der Waals surface area contributed by atoms with Gasteiger partial charge in [0.1, 0.15) is 11.9 Å². The third kappa shape index (κ3) is 8.24. The molecule has 0 aliphatic heterocycles. The van der Waals surface area contributed by atoms with Crippen molar-refractivity contribution in [1.29, 1.82) is 0 Å². The third-order valence-electron chi connectivity index (χ3n) is 4.85. The van der Waals surface area contributed by atoms with E-state index >= 15 is 0 Å². The van der Waals surface area contributed by atoms with Crippen LogP contribution in [0.1, 0.15) is 23.2 Å². The molecule has 186 valence electrons. The van der Waals surface area contributed by atoms with E-state index in [1.165, 1.54) is 23.9 Å². The predicted molar refractivity (Wildman–Crippen MR) is 133 cm³/mol. The molecule has 3 aromatic rings. The summed E-state index contributed by atoms with van der Waals surface area (Å²) in [4.78, 5) is 50.5. The van der Waals surface area contributed by atoms with Crippen LogP contribution in [0, 0.1) is 5.82 Å². The number of halogens is 1. The number of carbonyl (C=O) groups is 4. The number of hydrogen-bond donors (Lipinski definition) is 3. The Morgan fingerprint density at radius 1 is 0.917 bits per heavy atom. The van der Waals surface area contributed by atoms with Crippen LogP contribution in [0.15, 0.2) is 88.7 Å². The molecule has 0 aromatic heterocycles. The maximum atomic E-state index is 13.1. The topological polar surface area (TPSA) is 128 Å². The van der Waals surface area contributed by atoms with E-state index in [4.69, 9.17) is 10.5 Å². The predicted octanol–water partition coefficient (Wildman–Crippen LogP) is 3.52. The first-order valence-corrected chi connectivity index (χ1v) is 11.8. The lowest BCUT2D eigenvalue weighted by Gasteiger charge is -2.17. The van der Waals surface area contributed by atoms with Crippen LogP contribution in [0.25, 0.3) is 0 Å². The number of rotatable bonds is 11. The number of hydrogen-bond acceptors (Lipinski definition) is 6. The van der Waals surface area contributed by atoms with Gasteiger partial charge < -0.3 is 21.1 Å². The zero-order valence-corrected chi connectivity index (χ0v) is 19.9. The first-order valence-electron chi connectivity index (χ1n) is 10.9. The molecule has 0 radical (unpaired) electrons. The SMILES string of the molecule is NC(=O)CCC(NC(=O)c1ccc(F)cc1)C(=O)OCC(=O)Nc1ccccc1Sc1ccccc1. The molecule has 36 heavy (non-hydrogen) atoms. The Bertz CT molecular complexity index is 1220. The van der Waals surface area contributed by atoms with Gasteiger partial charge in [-0.3, -0.25) is 14.4 Å². The molecule has 3 aromatic carbocycles. The van der Waals surface area contributed by atoms with Gasteiger partial charge in [-0.25, -0.2) is 9.18 Å². The summed E-state index contributed by atoms with van der Waals surface area (Å²) >= 11 is 1.46. The van der Waals surface area contributed by atoms with Gasteiger partial charge in [-0.15, -0.1) is 0 Å². The van der Waals surface area contributed by atoms with Crippen molar-refractivity contribution in [3.63, 3.8) is 0 Å². The fourth-order valence-electron chi connectivity index (χ4n) is 3.08. The fourth-order valence-corrected chi connectivity index (χ4v) is 4.00. The van der Waals surface area contributed by atoms with Crippen molar-refractivity contribution in [2.24, 2.45) is 5.73 Å². The highest BCUT2D eigenvalue weighted by molar-refractivity contribution is 7.99. The average Bonchev–Trinajstić information content (AvgIpc) is 2.87. The molecule has 1 unspecified atom stereocenters. The lowest BCUT2D eigenvalue weighted by molar-refractivity contribution is -0.149. The first kappa shape index (κ1) is 26.4. The van der Waals surface area contributed by atoms with Gasteiger partial charge in [-0.1, -0.05) is 42.1 Å². The number of benzene rings is 3. The zero-order valence-electron chi connectivity index (χ0n) is 19.1. The molecule has 0 saturated carbocycles. The molecule has 3 rings (SSSR count). The van der Waals surface area contributed by atoms with Gasteiger partial charge in [0.25, 0.3) is 11.8 Å². The van der Waals surface area contributed by atoms with Crippen LogP contribution in [0.4, 0.5) is 10.1 Å². The Morgan fingerprint density at radius 2 is 1.58 bits per heavy atom. The van der Waals surface area contributed by atoms with E-state index < -0.39 is 42.2 Å². The second-order valence-corrected chi connectivity index (χ2v) is 8.72. The van der Waals surface area contributed by atoms with E-state index in [9.17, 15) is 23.6 Å². The number of primary amides is 1. The van der Waals surface area contributed by atoms with E-state index in [1.54, 1.807) is 12.1 Å². The van der Waals surface area contributed by atoms with Gasteiger partial charge in [-0.05, 0) is 55.0 Å². The molecule has 8 nitrogen and oxygen atoms in total. The monoisotopic (exact) mass is 509 g/mol. The Morgan fingerprint density at radius 3 is 2.28 bits per heavy atom. The minimum Gasteiger partial charge on any atom is -0.454 e. The number of para-hydroxylation sites is 1. The molecule has 0 heterocycles. The third-order valence-corrected chi connectivity index (χ3v) is 5.94. The molecule has 4 N–H and O–H groups in total. The highest BCUT2D eigenvalue weighted by Gasteiger charge is 2.24. The number of amides is 3. The molecule has 0 aliphatic rings. The van der Waals surface area contributed by atoms with Gasteiger partial charge in [0.15, 0.2) is 6.61 Å². The molecule has 3 amide bonds. The minimum atomic E-state index is -1.23. The van der Waals surface area contributed by atoms with Crippen molar-refractivity contribution in [3.05, 3.63) is 90.2 Å². The van der Waals surface area contributed by atoms with Crippen LogP contribution < -0.4 is 16.4 Å². The van der Waals surface area contributed by atoms with Gasteiger partial charge >= 0.3 is 5.97 Å². The normalized spacial score (nSPS) is 11.2. The largest absolute Gasteiger partial charge is 0.454 e. The number of nitrogens with one attached hydrogen (secondary N) is 2. The summed E-state index contributed by atoms with van der Waals surface area (Å²) in [5.41, 5.74) is 5.82. The number of anilines is 1. The summed E-state index contributed by atoms with van der Waals surface area (Å²) in [6.07, 6.45) is -0.320.